The molecule has 0 aromatic heterocycles. The van der Waals surface area contributed by atoms with Gasteiger partial charge < -0.3 is 15.7 Å². The summed E-state index contributed by atoms with van der Waals surface area (Å²) >= 11 is 0. The Labute approximate surface area is 122 Å². The molecule has 2 atom stereocenters. The number of nitrogens with one attached hydrogen (secondary N) is 2. The molecular weight excluding hydrogens is 254 g/mol. The Hall–Kier alpha value is -0.650. The lowest BCUT2D eigenvalue weighted by molar-refractivity contribution is -0.119. The van der Waals surface area contributed by atoms with Crippen molar-refractivity contribution >= 4 is 5.91 Å². The van der Waals surface area contributed by atoms with Crippen molar-refractivity contribution in [2.24, 2.45) is 11.8 Å². The first-order chi connectivity index (χ1) is 9.67. The minimum atomic E-state index is 0.0392. The molecule has 1 saturated carbocycles. The number of hydrogen-bond donors (Lipinski definition) is 3. The topological polar surface area (TPSA) is 64.6 Å². The number of nitrogens with zero attached hydrogens (tertiary/aromatic N) is 1. The van der Waals surface area contributed by atoms with Crippen LogP contribution in [0.4, 0.5) is 0 Å². The minimum Gasteiger partial charge on any atom is -0.396 e. The lowest BCUT2D eigenvalue weighted by atomic mass is 9.91. The van der Waals surface area contributed by atoms with E-state index in [4.69, 9.17) is 0 Å². The predicted octanol–water partition coefficient (Wildman–Crippen LogP) is 0.195. The van der Waals surface area contributed by atoms with Crippen molar-refractivity contribution < 1.29 is 9.90 Å². The smallest absolute Gasteiger partial charge is 0.216 e. The van der Waals surface area contributed by atoms with Crippen LogP contribution in [-0.2, 0) is 4.79 Å². The third kappa shape index (κ3) is 5.77. The molecule has 0 aromatic carbocycles. The zero-order valence-corrected chi connectivity index (χ0v) is 12.6. The molecule has 2 rings (SSSR count). The third-order valence-electron chi connectivity index (χ3n) is 4.34. The number of piperidine rings is 1. The second-order valence-corrected chi connectivity index (χ2v) is 6.41. The van der Waals surface area contributed by atoms with E-state index in [1.807, 2.05) is 0 Å². The second-order valence-electron chi connectivity index (χ2n) is 6.41. The zero-order valence-electron chi connectivity index (χ0n) is 12.6. The Balaban J connectivity index is 1.74. The van der Waals surface area contributed by atoms with Gasteiger partial charge in [0.1, 0.15) is 0 Å². The number of aliphatic hydroxyl groups excluding tert-OH is 1. The Morgan fingerprint density at radius 3 is 2.75 bits per heavy atom. The van der Waals surface area contributed by atoms with E-state index < -0.39 is 0 Å². The summed E-state index contributed by atoms with van der Waals surface area (Å²) in [4.78, 5) is 13.3. The summed E-state index contributed by atoms with van der Waals surface area (Å²) in [5.41, 5.74) is 0. The Kier molecular flexibility index (Phi) is 6.26. The second kappa shape index (κ2) is 7.96. The number of carbonyl (C=O) groups is 1. The summed E-state index contributed by atoms with van der Waals surface area (Å²) in [6.45, 7) is 6.72. The number of amides is 1. The number of hydrogen-bond acceptors (Lipinski definition) is 4. The van der Waals surface area contributed by atoms with Gasteiger partial charge in [0.15, 0.2) is 0 Å². The summed E-state index contributed by atoms with van der Waals surface area (Å²) in [5, 5.41) is 15.7. The largest absolute Gasteiger partial charge is 0.396 e. The molecule has 0 bridgehead atoms. The van der Waals surface area contributed by atoms with E-state index in [9.17, 15) is 9.90 Å². The molecule has 5 heteroatoms. The van der Waals surface area contributed by atoms with Gasteiger partial charge >= 0.3 is 0 Å². The lowest BCUT2D eigenvalue weighted by Gasteiger charge is -2.38. The van der Waals surface area contributed by atoms with E-state index >= 15 is 0 Å². The van der Waals surface area contributed by atoms with Gasteiger partial charge in [-0.25, -0.2) is 0 Å². The van der Waals surface area contributed by atoms with Crippen LogP contribution in [0.15, 0.2) is 0 Å². The first kappa shape index (κ1) is 15.7. The van der Waals surface area contributed by atoms with Crippen LogP contribution in [0.3, 0.4) is 0 Å². The molecule has 2 fully saturated rings. The number of carbonyl (C=O) groups excluding carboxylic acids is 1. The van der Waals surface area contributed by atoms with Gasteiger partial charge in [-0.2, -0.15) is 0 Å². The van der Waals surface area contributed by atoms with Crippen molar-refractivity contribution in [2.45, 2.75) is 38.6 Å². The molecule has 5 nitrogen and oxygen atoms in total. The standard InChI is InChI=1S/C15H29N3O2/c1-12(20)16-5-6-18-10-14(4-7-19)8-15(11-18)17-9-13-2-3-13/h13-15,17,19H,2-11H2,1H3,(H,16,20). The van der Waals surface area contributed by atoms with Gasteiger partial charge in [-0.1, -0.05) is 0 Å². The van der Waals surface area contributed by atoms with Crippen molar-refractivity contribution in [3.05, 3.63) is 0 Å². The molecule has 2 unspecified atom stereocenters. The highest BCUT2D eigenvalue weighted by Crippen LogP contribution is 2.28. The number of aliphatic hydroxyl groups is 1. The van der Waals surface area contributed by atoms with Gasteiger partial charge in [0, 0.05) is 45.8 Å². The first-order valence-corrected chi connectivity index (χ1v) is 7.98. The van der Waals surface area contributed by atoms with Crippen LogP contribution in [0, 0.1) is 11.8 Å². The highest BCUT2D eigenvalue weighted by molar-refractivity contribution is 5.72. The average molecular weight is 283 g/mol. The molecule has 0 radical (unpaired) electrons. The van der Waals surface area contributed by atoms with Crippen LogP contribution in [0.5, 0.6) is 0 Å². The van der Waals surface area contributed by atoms with Gasteiger partial charge in [-0.05, 0) is 44.1 Å². The Bertz CT molecular complexity index is 307. The number of rotatable bonds is 8. The predicted molar refractivity (Wildman–Crippen MR) is 79.4 cm³/mol. The van der Waals surface area contributed by atoms with Gasteiger partial charge in [-0.3, -0.25) is 9.69 Å². The van der Waals surface area contributed by atoms with Gasteiger partial charge in [0.25, 0.3) is 0 Å². The van der Waals surface area contributed by atoms with Crippen LogP contribution in [0.25, 0.3) is 0 Å². The van der Waals surface area contributed by atoms with Crippen molar-refractivity contribution in [3.63, 3.8) is 0 Å². The highest BCUT2D eigenvalue weighted by Gasteiger charge is 2.28. The maximum absolute atomic E-state index is 10.9. The quantitative estimate of drug-likeness (QED) is 0.595. The van der Waals surface area contributed by atoms with E-state index in [-0.39, 0.29) is 12.5 Å². The SMILES string of the molecule is CC(=O)NCCN1CC(CCO)CC(NCC2CC2)C1. The molecule has 20 heavy (non-hydrogen) atoms. The fourth-order valence-electron chi connectivity index (χ4n) is 3.07. The van der Waals surface area contributed by atoms with Gasteiger partial charge in [0.05, 0.1) is 0 Å². The molecule has 2 aliphatic rings. The Morgan fingerprint density at radius 2 is 2.10 bits per heavy atom. The summed E-state index contributed by atoms with van der Waals surface area (Å²) in [5.74, 6) is 1.51. The molecular formula is C15H29N3O2. The van der Waals surface area contributed by atoms with Crippen LogP contribution >= 0.6 is 0 Å². The summed E-state index contributed by atoms with van der Waals surface area (Å²) in [6, 6.07) is 0.540. The molecule has 0 spiro atoms. The first-order valence-electron chi connectivity index (χ1n) is 7.98. The van der Waals surface area contributed by atoms with Gasteiger partial charge in [-0.15, -0.1) is 0 Å². The normalized spacial score (nSPS) is 27.5. The summed E-state index contributed by atoms with van der Waals surface area (Å²) < 4.78 is 0. The minimum absolute atomic E-state index is 0.0392. The number of likely N-dealkylation sites (tertiary alicyclic amines) is 1. The summed E-state index contributed by atoms with van der Waals surface area (Å²) in [7, 11) is 0. The van der Waals surface area contributed by atoms with Crippen molar-refractivity contribution in [1.82, 2.24) is 15.5 Å². The van der Waals surface area contributed by atoms with E-state index in [0.29, 0.717) is 12.0 Å². The molecule has 1 heterocycles. The fourth-order valence-corrected chi connectivity index (χ4v) is 3.07. The van der Waals surface area contributed by atoms with E-state index in [1.165, 1.54) is 19.3 Å². The average Bonchev–Trinajstić information content (AvgIpc) is 3.20. The molecule has 1 aliphatic carbocycles. The van der Waals surface area contributed by atoms with Crippen LogP contribution in [0.2, 0.25) is 0 Å². The van der Waals surface area contributed by atoms with E-state index in [1.54, 1.807) is 6.92 Å². The van der Waals surface area contributed by atoms with Crippen LogP contribution in [-0.4, -0.2) is 61.3 Å². The molecule has 1 aliphatic heterocycles. The molecule has 116 valence electrons. The third-order valence-corrected chi connectivity index (χ3v) is 4.34. The van der Waals surface area contributed by atoms with Crippen molar-refractivity contribution in [2.75, 3.05) is 39.3 Å². The molecule has 1 amide bonds. The Morgan fingerprint density at radius 1 is 1.30 bits per heavy atom. The summed E-state index contributed by atoms with van der Waals surface area (Å²) in [6.07, 6.45) is 4.82. The van der Waals surface area contributed by atoms with Crippen molar-refractivity contribution in [3.8, 4) is 0 Å². The van der Waals surface area contributed by atoms with E-state index in [2.05, 4.69) is 15.5 Å². The maximum Gasteiger partial charge on any atom is 0.216 e. The molecule has 1 saturated heterocycles. The lowest BCUT2D eigenvalue weighted by Crippen LogP contribution is -2.51. The zero-order chi connectivity index (χ0) is 14.4. The molecule has 0 aromatic rings. The highest BCUT2D eigenvalue weighted by atomic mass is 16.3. The molecule has 3 N–H and O–H groups in total. The maximum atomic E-state index is 10.9. The van der Waals surface area contributed by atoms with Crippen LogP contribution < -0.4 is 10.6 Å². The monoisotopic (exact) mass is 283 g/mol. The fraction of sp³-hybridized carbons (Fsp3) is 0.933. The van der Waals surface area contributed by atoms with Gasteiger partial charge in [0.2, 0.25) is 5.91 Å². The van der Waals surface area contributed by atoms with E-state index in [0.717, 1.165) is 45.1 Å². The van der Waals surface area contributed by atoms with Crippen LogP contribution in [0.1, 0.15) is 32.6 Å². The van der Waals surface area contributed by atoms with Crippen molar-refractivity contribution in [1.29, 1.82) is 0 Å².